The molecule has 102 valence electrons. The Kier molecular flexibility index (Phi) is 2.87. The van der Waals surface area contributed by atoms with Crippen LogP contribution in [-0.4, -0.2) is 41.5 Å². The summed E-state index contributed by atoms with van der Waals surface area (Å²) in [6, 6.07) is 4.18. The molecule has 0 atom stereocenters. The van der Waals surface area contributed by atoms with Gasteiger partial charge in [0.2, 0.25) is 10.0 Å². The highest BCUT2D eigenvalue weighted by atomic mass is 32.2. The minimum Gasteiger partial charge on any atom is -0.306 e. The van der Waals surface area contributed by atoms with E-state index < -0.39 is 10.0 Å². The standard InChI is InChI=1S/C13H17N3O2S/c1-3-10-4-5-12-13(14-9-15(12)6-10)11-7-16(8-11)19(2,17)18/h4-6,9,11H,3,7-8H2,1-2H3. The molecule has 2 aromatic rings. The molecule has 0 N–H and O–H groups in total. The average molecular weight is 279 g/mol. The quantitative estimate of drug-likeness (QED) is 0.850. The maximum atomic E-state index is 11.4. The summed E-state index contributed by atoms with van der Waals surface area (Å²) in [6.45, 7) is 3.21. The highest BCUT2D eigenvalue weighted by Crippen LogP contribution is 2.30. The monoisotopic (exact) mass is 279 g/mol. The van der Waals surface area contributed by atoms with E-state index in [1.165, 1.54) is 16.1 Å². The summed E-state index contributed by atoms with van der Waals surface area (Å²) in [6.07, 6.45) is 6.14. The summed E-state index contributed by atoms with van der Waals surface area (Å²) in [5.41, 5.74) is 3.35. The summed E-state index contributed by atoms with van der Waals surface area (Å²) in [5, 5.41) is 0. The summed E-state index contributed by atoms with van der Waals surface area (Å²) in [4.78, 5) is 4.45. The number of rotatable bonds is 3. The molecule has 1 saturated heterocycles. The maximum Gasteiger partial charge on any atom is 0.211 e. The number of hydrogen-bond acceptors (Lipinski definition) is 3. The topological polar surface area (TPSA) is 54.7 Å². The predicted molar refractivity (Wildman–Crippen MR) is 73.7 cm³/mol. The molecule has 0 aromatic carbocycles. The Morgan fingerprint density at radius 2 is 2.11 bits per heavy atom. The summed E-state index contributed by atoms with van der Waals surface area (Å²) >= 11 is 0. The van der Waals surface area contributed by atoms with Crippen LogP contribution in [0.1, 0.15) is 24.1 Å². The molecule has 19 heavy (non-hydrogen) atoms. The van der Waals surface area contributed by atoms with Crippen molar-refractivity contribution in [1.82, 2.24) is 13.7 Å². The molecule has 1 aliphatic rings. The van der Waals surface area contributed by atoms with Crippen molar-refractivity contribution in [3.63, 3.8) is 0 Å². The van der Waals surface area contributed by atoms with Crippen LogP contribution < -0.4 is 0 Å². The third-order valence-electron chi connectivity index (χ3n) is 3.73. The van der Waals surface area contributed by atoms with Crippen molar-refractivity contribution in [2.24, 2.45) is 0 Å². The molecular weight excluding hydrogens is 262 g/mol. The van der Waals surface area contributed by atoms with Crippen molar-refractivity contribution in [3.05, 3.63) is 35.9 Å². The van der Waals surface area contributed by atoms with Gasteiger partial charge < -0.3 is 4.40 Å². The van der Waals surface area contributed by atoms with Crippen LogP contribution >= 0.6 is 0 Å². The van der Waals surface area contributed by atoms with Crippen molar-refractivity contribution >= 4 is 15.5 Å². The van der Waals surface area contributed by atoms with E-state index in [0.717, 1.165) is 17.6 Å². The Bertz CT molecular complexity index is 715. The van der Waals surface area contributed by atoms with Gasteiger partial charge in [-0.05, 0) is 18.1 Å². The van der Waals surface area contributed by atoms with Gasteiger partial charge in [-0.1, -0.05) is 13.0 Å². The molecule has 0 bridgehead atoms. The normalized spacial score (nSPS) is 17.8. The van der Waals surface area contributed by atoms with Crippen molar-refractivity contribution in [1.29, 1.82) is 0 Å². The number of sulfonamides is 1. The molecule has 5 nitrogen and oxygen atoms in total. The minimum absolute atomic E-state index is 0.215. The van der Waals surface area contributed by atoms with Crippen molar-refractivity contribution in [2.75, 3.05) is 19.3 Å². The molecule has 3 heterocycles. The first-order valence-electron chi connectivity index (χ1n) is 6.39. The molecule has 0 saturated carbocycles. The van der Waals surface area contributed by atoms with E-state index >= 15 is 0 Å². The van der Waals surface area contributed by atoms with E-state index in [4.69, 9.17) is 0 Å². The van der Waals surface area contributed by atoms with Gasteiger partial charge in [0.05, 0.1) is 23.8 Å². The van der Waals surface area contributed by atoms with Crippen LogP contribution in [-0.2, 0) is 16.4 Å². The predicted octanol–water partition coefficient (Wildman–Crippen LogP) is 1.26. The van der Waals surface area contributed by atoms with Crippen LogP contribution in [0.5, 0.6) is 0 Å². The van der Waals surface area contributed by atoms with Crippen molar-refractivity contribution in [2.45, 2.75) is 19.3 Å². The Hall–Kier alpha value is -1.40. The molecule has 1 fully saturated rings. The van der Waals surface area contributed by atoms with Gasteiger partial charge in [0.15, 0.2) is 0 Å². The molecule has 0 radical (unpaired) electrons. The van der Waals surface area contributed by atoms with Gasteiger partial charge in [0.1, 0.15) is 0 Å². The number of hydrogen-bond donors (Lipinski definition) is 0. The SMILES string of the molecule is CCc1ccc2c(C3CN(S(C)(=O)=O)C3)ncn2c1. The third-order valence-corrected chi connectivity index (χ3v) is 4.97. The fraction of sp³-hybridized carbons (Fsp3) is 0.462. The molecule has 0 unspecified atom stereocenters. The first kappa shape index (κ1) is 12.6. The molecule has 2 aromatic heterocycles. The van der Waals surface area contributed by atoms with Crippen LogP contribution in [0.2, 0.25) is 0 Å². The van der Waals surface area contributed by atoms with Gasteiger partial charge in [0, 0.05) is 25.2 Å². The van der Waals surface area contributed by atoms with E-state index in [-0.39, 0.29) is 5.92 Å². The van der Waals surface area contributed by atoms with Gasteiger partial charge in [0.25, 0.3) is 0 Å². The molecule has 0 aliphatic carbocycles. The van der Waals surface area contributed by atoms with Gasteiger partial charge in [-0.15, -0.1) is 0 Å². The lowest BCUT2D eigenvalue weighted by molar-refractivity contribution is 0.264. The van der Waals surface area contributed by atoms with Gasteiger partial charge in [-0.25, -0.2) is 17.7 Å². The minimum atomic E-state index is -3.06. The lowest BCUT2D eigenvalue weighted by atomic mass is 9.98. The lowest BCUT2D eigenvalue weighted by Gasteiger charge is -2.36. The first-order valence-corrected chi connectivity index (χ1v) is 8.24. The summed E-state index contributed by atoms with van der Waals surface area (Å²) < 4.78 is 26.3. The number of aryl methyl sites for hydroxylation is 1. The Morgan fingerprint density at radius 1 is 1.37 bits per heavy atom. The van der Waals surface area contributed by atoms with E-state index in [0.29, 0.717) is 13.1 Å². The molecule has 1 aliphatic heterocycles. The van der Waals surface area contributed by atoms with E-state index in [1.54, 1.807) is 0 Å². The van der Waals surface area contributed by atoms with Crippen molar-refractivity contribution in [3.8, 4) is 0 Å². The van der Waals surface area contributed by atoms with E-state index in [2.05, 4.69) is 30.2 Å². The smallest absolute Gasteiger partial charge is 0.211 e. The number of pyridine rings is 1. The molecule has 3 rings (SSSR count). The Morgan fingerprint density at radius 3 is 2.74 bits per heavy atom. The zero-order chi connectivity index (χ0) is 13.6. The fourth-order valence-corrected chi connectivity index (χ4v) is 3.37. The highest BCUT2D eigenvalue weighted by molar-refractivity contribution is 7.88. The highest BCUT2D eigenvalue weighted by Gasteiger charge is 2.36. The van der Waals surface area contributed by atoms with Crippen LogP contribution in [0.4, 0.5) is 0 Å². The number of imidazole rings is 1. The van der Waals surface area contributed by atoms with Crippen molar-refractivity contribution < 1.29 is 8.42 Å². The van der Waals surface area contributed by atoms with Gasteiger partial charge in [-0.2, -0.15) is 0 Å². The van der Waals surface area contributed by atoms with Gasteiger partial charge >= 0.3 is 0 Å². The van der Waals surface area contributed by atoms with Gasteiger partial charge in [-0.3, -0.25) is 0 Å². The zero-order valence-electron chi connectivity index (χ0n) is 11.1. The lowest BCUT2D eigenvalue weighted by Crippen LogP contribution is -2.48. The molecular formula is C13H17N3O2S. The summed E-state index contributed by atoms with van der Waals surface area (Å²) in [5.74, 6) is 0.215. The van der Waals surface area contributed by atoms with E-state index in [1.807, 2.05) is 10.7 Å². The summed E-state index contributed by atoms with van der Waals surface area (Å²) in [7, 11) is -3.06. The third kappa shape index (κ3) is 2.15. The average Bonchev–Trinajstić information content (AvgIpc) is 2.68. The second-order valence-electron chi connectivity index (χ2n) is 5.09. The maximum absolute atomic E-state index is 11.4. The molecule has 0 amide bonds. The largest absolute Gasteiger partial charge is 0.306 e. The van der Waals surface area contributed by atoms with Crippen LogP contribution in [0.25, 0.3) is 5.52 Å². The second-order valence-corrected chi connectivity index (χ2v) is 7.07. The first-order chi connectivity index (χ1) is 8.99. The Labute approximate surface area is 112 Å². The van der Waals surface area contributed by atoms with Crippen LogP contribution in [0.3, 0.4) is 0 Å². The van der Waals surface area contributed by atoms with Crippen LogP contribution in [0, 0.1) is 0 Å². The van der Waals surface area contributed by atoms with Crippen LogP contribution in [0.15, 0.2) is 24.7 Å². The zero-order valence-corrected chi connectivity index (χ0v) is 11.9. The number of nitrogens with zero attached hydrogens (tertiary/aromatic N) is 3. The Balaban J connectivity index is 1.88. The second kappa shape index (κ2) is 4.31. The number of aromatic nitrogens is 2. The fourth-order valence-electron chi connectivity index (χ4n) is 2.47. The molecule has 0 spiro atoms. The molecule has 6 heteroatoms. The number of fused-ring (bicyclic) bond motifs is 1. The van der Waals surface area contributed by atoms with E-state index in [9.17, 15) is 8.42 Å².